The number of fused-ring (bicyclic) bond motifs is 6. The van der Waals surface area contributed by atoms with Gasteiger partial charge in [-0.05, 0) is 110 Å². The molecular formula is C26H40. The van der Waals surface area contributed by atoms with Crippen LogP contribution in [0.4, 0.5) is 0 Å². The smallest absolute Gasteiger partial charge is 0.0318 e. The van der Waals surface area contributed by atoms with Gasteiger partial charge in [0.2, 0.25) is 0 Å². The molecule has 7 aliphatic carbocycles. The molecule has 7 saturated carbocycles. The molecule has 0 aliphatic heterocycles. The molecule has 0 heteroatoms. The van der Waals surface area contributed by atoms with Gasteiger partial charge in [-0.2, -0.15) is 0 Å². The maximum absolute atomic E-state index is 1.69. The van der Waals surface area contributed by atoms with Crippen molar-refractivity contribution in [2.24, 2.45) is 71.0 Å². The van der Waals surface area contributed by atoms with E-state index in [1.165, 1.54) is 65.1 Å². The van der Waals surface area contributed by atoms with Crippen LogP contribution in [0.2, 0.25) is 0 Å². The second-order valence-electron chi connectivity index (χ2n) is 12.2. The zero-order valence-electron chi connectivity index (χ0n) is 16.8. The summed E-state index contributed by atoms with van der Waals surface area (Å²) in [5, 5.41) is 0. The van der Waals surface area contributed by atoms with E-state index >= 15 is 0 Å². The quantitative estimate of drug-likeness (QED) is 0.443. The molecule has 0 radical (unpaired) electrons. The molecule has 0 nitrogen and oxygen atoms in total. The molecule has 0 saturated heterocycles. The minimum absolute atomic E-state index is 1.16. The Morgan fingerprint density at radius 3 is 1.58 bits per heavy atom. The van der Waals surface area contributed by atoms with Crippen molar-refractivity contribution < 1.29 is 0 Å². The summed E-state index contributed by atoms with van der Waals surface area (Å²) in [6, 6.07) is 0. The summed E-state index contributed by atoms with van der Waals surface area (Å²) in [5.74, 6) is 14.2. The van der Waals surface area contributed by atoms with Gasteiger partial charge in [0.15, 0.2) is 0 Å². The van der Waals surface area contributed by atoms with Crippen molar-refractivity contribution in [3.8, 4) is 0 Å². The average molecular weight is 353 g/mol. The maximum atomic E-state index is 1.69. The van der Waals surface area contributed by atoms with Crippen LogP contribution in [0.5, 0.6) is 0 Å². The Morgan fingerprint density at radius 1 is 0.308 bits per heavy atom. The SMILES string of the molecule is C1CC2CC3C4CCCC5CCCC(C54)C4C5CCCC5CC(C2C1)C34. The lowest BCUT2D eigenvalue weighted by Gasteiger charge is -2.66. The first-order chi connectivity index (χ1) is 12.9. The topological polar surface area (TPSA) is 0 Å². The zero-order valence-corrected chi connectivity index (χ0v) is 16.8. The molecule has 144 valence electrons. The third kappa shape index (κ3) is 1.98. The van der Waals surface area contributed by atoms with Crippen LogP contribution in [0.15, 0.2) is 0 Å². The average Bonchev–Trinajstić information content (AvgIpc) is 3.33. The van der Waals surface area contributed by atoms with E-state index in [1.807, 2.05) is 0 Å². The molecule has 12 atom stereocenters. The summed E-state index contributed by atoms with van der Waals surface area (Å²) >= 11 is 0. The fraction of sp³-hybridized carbons (Fsp3) is 1.00. The van der Waals surface area contributed by atoms with Crippen LogP contribution in [-0.4, -0.2) is 0 Å². The van der Waals surface area contributed by atoms with E-state index in [2.05, 4.69) is 0 Å². The highest BCUT2D eigenvalue weighted by atomic mass is 14.7. The molecule has 0 N–H and O–H groups in total. The van der Waals surface area contributed by atoms with Crippen LogP contribution in [-0.2, 0) is 0 Å². The summed E-state index contributed by atoms with van der Waals surface area (Å²) in [7, 11) is 0. The minimum Gasteiger partial charge on any atom is -0.0527 e. The lowest BCUT2D eigenvalue weighted by molar-refractivity contribution is -0.183. The second-order valence-corrected chi connectivity index (χ2v) is 12.2. The Kier molecular flexibility index (Phi) is 3.52. The Labute approximate surface area is 161 Å². The van der Waals surface area contributed by atoms with E-state index in [9.17, 15) is 0 Å². The largest absolute Gasteiger partial charge is 0.0527 e. The van der Waals surface area contributed by atoms with Crippen LogP contribution >= 0.6 is 0 Å². The van der Waals surface area contributed by atoms with Crippen molar-refractivity contribution >= 4 is 0 Å². The molecule has 0 bridgehead atoms. The van der Waals surface area contributed by atoms with Gasteiger partial charge >= 0.3 is 0 Å². The summed E-state index contributed by atoms with van der Waals surface area (Å²) in [4.78, 5) is 0. The predicted molar refractivity (Wildman–Crippen MR) is 107 cm³/mol. The van der Waals surface area contributed by atoms with Gasteiger partial charge in [0.1, 0.15) is 0 Å². The van der Waals surface area contributed by atoms with Crippen LogP contribution in [0.1, 0.15) is 89.9 Å². The Bertz CT molecular complexity index is 562. The molecule has 7 aliphatic rings. The molecule has 0 heterocycles. The van der Waals surface area contributed by atoms with Gasteiger partial charge in [-0.15, -0.1) is 0 Å². The fourth-order valence-corrected chi connectivity index (χ4v) is 11.6. The third-order valence-corrected chi connectivity index (χ3v) is 11.9. The number of hydrogen-bond acceptors (Lipinski definition) is 0. The van der Waals surface area contributed by atoms with Crippen LogP contribution in [0, 0.1) is 71.0 Å². The van der Waals surface area contributed by atoms with E-state index in [0.29, 0.717) is 0 Å². The van der Waals surface area contributed by atoms with E-state index in [4.69, 9.17) is 0 Å². The molecule has 0 aromatic heterocycles. The number of hydrogen-bond donors (Lipinski definition) is 0. The van der Waals surface area contributed by atoms with Gasteiger partial charge in [-0.1, -0.05) is 51.4 Å². The van der Waals surface area contributed by atoms with E-state index in [-0.39, 0.29) is 0 Å². The van der Waals surface area contributed by atoms with E-state index in [0.717, 1.165) is 5.92 Å². The first-order valence-electron chi connectivity index (χ1n) is 12.9. The van der Waals surface area contributed by atoms with E-state index in [1.54, 1.807) is 89.9 Å². The predicted octanol–water partition coefficient (Wildman–Crippen LogP) is 6.94. The van der Waals surface area contributed by atoms with Crippen molar-refractivity contribution in [2.75, 3.05) is 0 Å². The highest BCUT2D eigenvalue weighted by Gasteiger charge is 2.63. The molecule has 7 rings (SSSR count). The first kappa shape index (κ1) is 15.9. The van der Waals surface area contributed by atoms with Gasteiger partial charge in [0.05, 0.1) is 0 Å². The highest BCUT2D eigenvalue weighted by Crippen LogP contribution is 2.70. The normalized spacial score (nSPS) is 62.8. The summed E-state index contributed by atoms with van der Waals surface area (Å²) in [5.41, 5.74) is 0. The van der Waals surface area contributed by atoms with Crippen molar-refractivity contribution in [1.82, 2.24) is 0 Å². The fourth-order valence-electron chi connectivity index (χ4n) is 11.6. The lowest BCUT2D eigenvalue weighted by atomic mass is 9.38. The molecule has 7 fully saturated rings. The monoisotopic (exact) mass is 352 g/mol. The van der Waals surface area contributed by atoms with Gasteiger partial charge < -0.3 is 0 Å². The lowest BCUT2D eigenvalue weighted by Crippen LogP contribution is -2.60. The molecule has 26 heavy (non-hydrogen) atoms. The van der Waals surface area contributed by atoms with Gasteiger partial charge in [-0.3, -0.25) is 0 Å². The zero-order chi connectivity index (χ0) is 16.8. The highest BCUT2D eigenvalue weighted by molar-refractivity contribution is 5.12. The van der Waals surface area contributed by atoms with Crippen molar-refractivity contribution in [2.45, 2.75) is 89.9 Å². The number of rotatable bonds is 0. The second kappa shape index (κ2) is 5.76. The summed E-state index contributed by atoms with van der Waals surface area (Å²) in [6.45, 7) is 0. The minimum atomic E-state index is 1.16. The summed E-state index contributed by atoms with van der Waals surface area (Å²) < 4.78 is 0. The third-order valence-electron chi connectivity index (χ3n) is 11.9. The Hall–Kier alpha value is 0. The molecule has 0 aromatic carbocycles. The van der Waals surface area contributed by atoms with Crippen LogP contribution in [0.3, 0.4) is 0 Å². The van der Waals surface area contributed by atoms with Crippen LogP contribution < -0.4 is 0 Å². The van der Waals surface area contributed by atoms with Gasteiger partial charge in [0.25, 0.3) is 0 Å². The van der Waals surface area contributed by atoms with Gasteiger partial charge in [-0.25, -0.2) is 0 Å². The molecule has 12 unspecified atom stereocenters. The first-order valence-corrected chi connectivity index (χ1v) is 12.9. The maximum Gasteiger partial charge on any atom is -0.0318 e. The van der Waals surface area contributed by atoms with Gasteiger partial charge in [0, 0.05) is 0 Å². The van der Waals surface area contributed by atoms with Crippen molar-refractivity contribution in [3.63, 3.8) is 0 Å². The molecule has 0 spiro atoms. The Morgan fingerprint density at radius 2 is 0.808 bits per heavy atom. The van der Waals surface area contributed by atoms with E-state index < -0.39 is 0 Å². The van der Waals surface area contributed by atoms with Crippen molar-refractivity contribution in [3.05, 3.63) is 0 Å². The summed E-state index contributed by atoms with van der Waals surface area (Å²) in [6.07, 6.45) is 22.8. The molecule has 0 amide bonds. The van der Waals surface area contributed by atoms with Crippen LogP contribution in [0.25, 0.3) is 0 Å². The standard InChI is InChI=1S/C26H40/c1-5-15-6-2-12-21-24(15)20(11-1)23-13-16-7-3-9-18(16)22-14-17-8-4-10-19(17)25(21)26(22)23/h15-26H,1-14H2. The molecule has 0 aromatic rings. The Balaban J connectivity index is 1.35. The van der Waals surface area contributed by atoms with Crippen molar-refractivity contribution in [1.29, 1.82) is 0 Å². The molecular weight excluding hydrogens is 312 g/mol.